The minimum atomic E-state index is -1.82. The molecule has 0 aromatic heterocycles. The monoisotopic (exact) mass is 318 g/mol. The predicted octanol–water partition coefficient (Wildman–Crippen LogP) is 1.33. The zero-order chi connectivity index (χ0) is 17.4. The number of rotatable bonds is 8. The summed E-state index contributed by atoms with van der Waals surface area (Å²) in [7, 11) is 1.33. The van der Waals surface area contributed by atoms with E-state index in [2.05, 4.69) is 0 Å². The molecule has 0 aromatic carbocycles. The number of carbonyl (C=O) groups excluding carboxylic acids is 3. The van der Waals surface area contributed by atoms with Crippen LogP contribution in [0.15, 0.2) is 0 Å². The molecule has 0 aliphatic carbocycles. The Morgan fingerprint density at radius 2 is 1.23 bits per heavy atom. The lowest BCUT2D eigenvalue weighted by molar-refractivity contribution is -0.184. The topological polar surface area (TPSA) is 88.1 Å². The van der Waals surface area contributed by atoms with Crippen molar-refractivity contribution in [1.29, 1.82) is 0 Å². The summed E-state index contributed by atoms with van der Waals surface area (Å²) in [4.78, 5) is 36.4. The SMILES string of the molecule is CCOC(=O)C(COC)(COC(=O)C(C)(C)C)C(=O)OCC. The highest BCUT2D eigenvalue weighted by atomic mass is 16.6. The van der Waals surface area contributed by atoms with Gasteiger partial charge in [0.2, 0.25) is 5.41 Å². The minimum Gasteiger partial charge on any atom is -0.465 e. The Balaban J connectivity index is 5.39. The zero-order valence-electron chi connectivity index (χ0n) is 14.2. The van der Waals surface area contributed by atoms with Crippen molar-refractivity contribution < 1.29 is 33.3 Å². The molecule has 0 bridgehead atoms. The number of esters is 3. The lowest BCUT2D eigenvalue weighted by atomic mass is 9.89. The van der Waals surface area contributed by atoms with E-state index < -0.39 is 35.3 Å². The number of carbonyl (C=O) groups is 3. The smallest absolute Gasteiger partial charge is 0.329 e. The molecule has 0 aliphatic rings. The van der Waals surface area contributed by atoms with Crippen LogP contribution >= 0.6 is 0 Å². The first-order valence-electron chi connectivity index (χ1n) is 7.16. The van der Waals surface area contributed by atoms with E-state index in [0.717, 1.165) is 0 Å². The lowest BCUT2D eigenvalue weighted by Gasteiger charge is -2.29. The molecule has 0 N–H and O–H groups in total. The quantitative estimate of drug-likeness (QED) is 0.379. The van der Waals surface area contributed by atoms with Crippen molar-refractivity contribution in [2.24, 2.45) is 10.8 Å². The number of methoxy groups -OCH3 is 1. The molecule has 0 aromatic rings. The van der Waals surface area contributed by atoms with E-state index in [1.165, 1.54) is 7.11 Å². The number of hydrogen-bond acceptors (Lipinski definition) is 7. The molecular formula is C15H26O7. The molecule has 22 heavy (non-hydrogen) atoms. The normalized spacial score (nSPS) is 11.7. The molecule has 0 amide bonds. The van der Waals surface area contributed by atoms with Crippen LogP contribution in [0.4, 0.5) is 0 Å². The summed E-state index contributed by atoms with van der Waals surface area (Å²) in [6.45, 7) is 7.60. The van der Waals surface area contributed by atoms with Gasteiger partial charge in [-0.3, -0.25) is 14.4 Å². The highest BCUT2D eigenvalue weighted by molar-refractivity contribution is 6.00. The molecule has 128 valence electrons. The molecule has 0 atom stereocenters. The Bertz CT molecular complexity index is 377. The zero-order valence-corrected chi connectivity index (χ0v) is 14.2. The maximum absolute atomic E-state index is 12.2. The van der Waals surface area contributed by atoms with Gasteiger partial charge in [0.05, 0.1) is 25.2 Å². The third-order valence-electron chi connectivity index (χ3n) is 2.79. The predicted molar refractivity (Wildman–Crippen MR) is 78.0 cm³/mol. The second kappa shape index (κ2) is 8.73. The molecule has 0 spiro atoms. The molecule has 0 radical (unpaired) electrons. The molecule has 0 unspecified atom stereocenters. The van der Waals surface area contributed by atoms with Gasteiger partial charge in [-0.15, -0.1) is 0 Å². The van der Waals surface area contributed by atoms with Crippen molar-refractivity contribution in [2.75, 3.05) is 33.5 Å². The van der Waals surface area contributed by atoms with Gasteiger partial charge in [0.15, 0.2) is 0 Å². The van der Waals surface area contributed by atoms with Crippen molar-refractivity contribution in [3.05, 3.63) is 0 Å². The Morgan fingerprint density at radius 3 is 1.55 bits per heavy atom. The van der Waals surface area contributed by atoms with Crippen molar-refractivity contribution >= 4 is 17.9 Å². The first-order valence-corrected chi connectivity index (χ1v) is 7.16. The second-order valence-corrected chi connectivity index (χ2v) is 5.78. The Morgan fingerprint density at radius 1 is 0.773 bits per heavy atom. The van der Waals surface area contributed by atoms with Gasteiger partial charge in [-0.1, -0.05) is 0 Å². The molecule has 0 aliphatic heterocycles. The van der Waals surface area contributed by atoms with Gasteiger partial charge < -0.3 is 18.9 Å². The van der Waals surface area contributed by atoms with Crippen LogP contribution in [-0.2, 0) is 33.3 Å². The van der Waals surface area contributed by atoms with Crippen molar-refractivity contribution in [1.82, 2.24) is 0 Å². The van der Waals surface area contributed by atoms with Gasteiger partial charge in [-0.25, -0.2) is 0 Å². The lowest BCUT2D eigenvalue weighted by Crippen LogP contribution is -2.50. The van der Waals surface area contributed by atoms with Gasteiger partial charge in [0.25, 0.3) is 0 Å². The third kappa shape index (κ3) is 5.29. The van der Waals surface area contributed by atoms with Crippen LogP contribution in [0.25, 0.3) is 0 Å². The Kier molecular flexibility index (Phi) is 8.08. The van der Waals surface area contributed by atoms with E-state index in [1.807, 2.05) is 0 Å². The molecular weight excluding hydrogens is 292 g/mol. The van der Waals surface area contributed by atoms with Crippen LogP contribution in [0.1, 0.15) is 34.6 Å². The van der Waals surface area contributed by atoms with Gasteiger partial charge in [0.1, 0.15) is 6.61 Å². The van der Waals surface area contributed by atoms with E-state index in [9.17, 15) is 14.4 Å². The summed E-state index contributed by atoms with van der Waals surface area (Å²) in [6, 6.07) is 0. The molecule has 7 nitrogen and oxygen atoms in total. The summed E-state index contributed by atoms with van der Waals surface area (Å²) >= 11 is 0. The molecule has 0 heterocycles. The summed E-state index contributed by atoms with van der Waals surface area (Å²) < 4.78 is 20.0. The molecule has 0 rings (SSSR count). The average Bonchev–Trinajstić information content (AvgIpc) is 2.42. The summed E-state index contributed by atoms with van der Waals surface area (Å²) in [6.07, 6.45) is 0. The maximum atomic E-state index is 12.2. The van der Waals surface area contributed by atoms with Gasteiger partial charge >= 0.3 is 17.9 Å². The van der Waals surface area contributed by atoms with Gasteiger partial charge in [-0.05, 0) is 34.6 Å². The van der Waals surface area contributed by atoms with Gasteiger partial charge in [-0.2, -0.15) is 0 Å². The van der Waals surface area contributed by atoms with E-state index in [0.29, 0.717) is 0 Å². The highest BCUT2D eigenvalue weighted by Gasteiger charge is 2.51. The first kappa shape index (κ1) is 20.4. The number of hydrogen-bond donors (Lipinski definition) is 0. The molecule has 0 saturated heterocycles. The van der Waals surface area contributed by atoms with Crippen molar-refractivity contribution in [3.8, 4) is 0 Å². The Labute approximate surface area is 131 Å². The van der Waals surface area contributed by atoms with Crippen molar-refractivity contribution in [3.63, 3.8) is 0 Å². The van der Waals surface area contributed by atoms with Crippen molar-refractivity contribution in [2.45, 2.75) is 34.6 Å². The van der Waals surface area contributed by atoms with Crippen LogP contribution < -0.4 is 0 Å². The molecule has 7 heteroatoms. The first-order chi connectivity index (χ1) is 10.2. The van der Waals surface area contributed by atoms with Crippen LogP contribution in [-0.4, -0.2) is 51.4 Å². The summed E-state index contributed by atoms with van der Waals surface area (Å²) in [5, 5.41) is 0. The second-order valence-electron chi connectivity index (χ2n) is 5.78. The third-order valence-corrected chi connectivity index (χ3v) is 2.79. The fraction of sp³-hybridized carbons (Fsp3) is 0.800. The largest absolute Gasteiger partial charge is 0.465 e. The summed E-state index contributed by atoms with van der Waals surface area (Å²) in [5.41, 5.74) is -2.58. The fourth-order valence-electron chi connectivity index (χ4n) is 1.55. The van der Waals surface area contributed by atoms with E-state index in [-0.39, 0.29) is 19.8 Å². The van der Waals surface area contributed by atoms with E-state index in [1.54, 1.807) is 34.6 Å². The molecule has 0 saturated carbocycles. The standard InChI is InChI=1S/C15H26O7/c1-7-20-12(17)15(9-19-6,13(18)21-8-2)10-22-11(16)14(3,4)5/h7-10H2,1-6H3. The van der Waals surface area contributed by atoms with Crippen LogP contribution in [0, 0.1) is 10.8 Å². The Hall–Kier alpha value is -1.63. The summed E-state index contributed by atoms with van der Waals surface area (Å²) in [5.74, 6) is -2.21. The average molecular weight is 318 g/mol. The number of ether oxygens (including phenoxy) is 4. The fourth-order valence-corrected chi connectivity index (χ4v) is 1.55. The van der Waals surface area contributed by atoms with Gasteiger partial charge in [0, 0.05) is 7.11 Å². The van der Waals surface area contributed by atoms with E-state index in [4.69, 9.17) is 18.9 Å². The van der Waals surface area contributed by atoms with Crippen LogP contribution in [0.2, 0.25) is 0 Å². The van der Waals surface area contributed by atoms with E-state index >= 15 is 0 Å². The molecule has 0 fully saturated rings. The maximum Gasteiger partial charge on any atom is 0.329 e. The minimum absolute atomic E-state index is 0.0803. The van der Waals surface area contributed by atoms with Crippen LogP contribution in [0.3, 0.4) is 0 Å². The van der Waals surface area contributed by atoms with Crippen LogP contribution in [0.5, 0.6) is 0 Å². The highest BCUT2D eigenvalue weighted by Crippen LogP contribution is 2.25.